The van der Waals surface area contributed by atoms with Crippen LogP contribution in [0.15, 0.2) is 29.2 Å². The standard InChI is InChI=1S/C15H23FN2O2S/c1-15(2)12(8-9-17(15)3)11-18(4)21(19,20)14-7-5-6-13(16)10-14/h5-7,10,12H,8-9,11H2,1-4H3. The minimum absolute atomic E-state index is 0.00848. The maximum absolute atomic E-state index is 13.3. The molecule has 4 nitrogen and oxygen atoms in total. The summed E-state index contributed by atoms with van der Waals surface area (Å²) < 4.78 is 39.6. The van der Waals surface area contributed by atoms with Gasteiger partial charge in [0.2, 0.25) is 10.0 Å². The molecule has 2 rings (SSSR count). The van der Waals surface area contributed by atoms with Crippen LogP contribution in [0.4, 0.5) is 4.39 Å². The molecule has 1 atom stereocenters. The van der Waals surface area contributed by atoms with Crippen LogP contribution < -0.4 is 0 Å². The Bertz CT molecular complexity index is 616. The van der Waals surface area contributed by atoms with Gasteiger partial charge < -0.3 is 4.90 Å². The van der Waals surface area contributed by atoms with Crippen molar-refractivity contribution >= 4 is 10.0 Å². The van der Waals surface area contributed by atoms with Gasteiger partial charge in [0.15, 0.2) is 0 Å². The van der Waals surface area contributed by atoms with Crippen molar-refractivity contribution < 1.29 is 12.8 Å². The average Bonchev–Trinajstić information content (AvgIpc) is 2.65. The van der Waals surface area contributed by atoms with Gasteiger partial charge in [0, 0.05) is 19.1 Å². The highest BCUT2D eigenvalue weighted by Gasteiger charge is 2.40. The summed E-state index contributed by atoms with van der Waals surface area (Å²) in [5.74, 6) is -0.277. The predicted octanol–water partition coefficient (Wildman–Crippen LogP) is 2.18. The predicted molar refractivity (Wildman–Crippen MR) is 81.0 cm³/mol. The molecule has 1 saturated heterocycles. The lowest BCUT2D eigenvalue weighted by molar-refractivity contribution is 0.160. The second kappa shape index (κ2) is 5.66. The zero-order chi connectivity index (χ0) is 15.8. The largest absolute Gasteiger partial charge is 0.301 e. The number of hydrogen-bond donors (Lipinski definition) is 0. The van der Waals surface area contributed by atoms with E-state index in [0.29, 0.717) is 6.54 Å². The minimum atomic E-state index is -3.64. The van der Waals surface area contributed by atoms with Crippen LogP contribution in [-0.4, -0.2) is 50.3 Å². The van der Waals surface area contributed by atoms with Crippen molar-refractivity contribution in [2.45, 2.75) is 30.7 Å². The van der Waals surface area contributed by atoms with Crippen molar-refractivity contribution in [3.63, 3.8) is 0 Å². The summed E-state index contributed by atoms with van der Waals surface area (Å²) in [5.41, 5.74) is -0.0360. The van der Waals surface area contributed by atoms with Gasteiger partial charge in [0.1, 0.15) is 5.82 Å². The van der Waals surface area contributed by atoms with E-state index in [1.807, 2.05) is 0 Å². The van der Waals surface area contributed by atoms with E-state index < -0.39 is 15.8 Å². The second-order valence-corrected chi connectivity index (χ2v) is 8.35. The first-order chi connectivity index (χ1) is 9.65. The van der Waals surface area contributed by atoms with Gasteiger partial charge in [0.25, 0.3) is 0 Å². The Morgan fingerprint density at radius 1 is 1.43 bits per heavy atom. The number of hydrogen-bond acceptors (Lipinski definition) is 3. The highest BCUT2D eigenvalue weighted by atomic mass is 32.2. The first-order valence-corrected chi connectivity index (χ1v) is 8.53. The molecule has 1 unspecified atom stereocenters. The van der Waals surface area contributed by atoms with Crippen LogP contribution in [0.25, 0.3) is 0 Å². The third-order valence-corrected chi connectivity index (χ3v) is 6.60. The summed E-state index contributed by atoms with van der Waals surface area (Å²) in [6.07, 6.45) is 0.965. The van der Waals surface area contributed by atoms with Gasteiger partial charge in [-0.15, -0.1) is 0 Å². The Hall–Kier alpha value is -0.980. The fourth-order valence-corrected chi connectivity index (χ4v) is 4.08. The quantitative estimate of drug-likeness (QED) is 0.855. The van der Waals surface area contributed by atoms with Crippen molar-refractivity contribution in [1.29, 1.82) is 0 Å². The van der Waals surface area contributed by atoms with Gasteiger partial charge in [-0.2, -0.15) is 0 Å². The molecule has 118 valence electrons. The highest BCUT2D eigenvalue weighted by Crippen LogP contribution is 2.34. The van der Waals surface area contributed by atoms with E-state index in [9.17, 15) is 12.8 Å². The second-order valence-electron chi connectivity index (χ2n) is 6.30. The molecule has 0 amide bonds. The number of sulfonamides is 1. The molecule has 21 heavy (non-hydrogen) atoms. The Morgan fingerprint density at radius 3 is 2.62 bits per heavy atom. The van der Waals surface area contributed by atoms with Crippen LogP contribution in [0.2, 0.25) is 0 Å². The Morgan fingerprint density at radius 2 is 2.10 bits per heavy atom. The summed E-state index contributed by atoms with van der Waals surface area (Å²) in [4.78, 5) is 2.26. The molecule has 0 spiro atoms. The molecule has 1 aliphatic heterocycles. The zero-order valence-corrected chi connectivity index (χ0v) is 13.8. The number of nitrogens with zero attached hydrogens (tertiary/aromatic N) is 2. The van der Waals surface area contributed by atoms with Crippen molar-refractivity contribution in [2.75, 3.05) is 27.2 Å². The molecule has 1 heterocycles. The lowest BCUT2D eigenvalue weighted by Gasteiger charge is -2.35. The molecule has 0 aromatic heterocycles. The highest BCUT2D eigenvalue weighted by molar-refractivity contribution is 7.89. The molecule has 1 fully saturated rings. The van der Waals surface area contributed by atoms with Crippen molar-refractivity contribution in [2.24, 2.45) is 5.92 Å². The van der Waals surface area contributed by atoms with Gasteiger partial charge in [-0.25, -0.2) is 17.1 Å². The Labute approximate surface area is 126 Å². The fourth-order valence-electron chi connectivity index (χ4n) is 2.83. The molecule has 0 radical (unpaired) electrons. The molecule has 6 heteroatoms. The summed E-state index contributed by atoms with van der Waals surface area (Å²) in [6.45, 7) is 5.67. The average molecular weight is 314 g/mol. The third kappa shape index (κ3) is 3.12. The molecule has 0 aliphatic carbocycles. The number of rotatable bonds is 4. The topological polar surface area (TPSA) is 40.6 Å². The summed E-state index contributed by atoms with van der Waals surface area (Å²) in [5, 5.41) is 0. The first kappa shape index (κ1) is 16.4. The Kier molecular flexibility index (Phi) is 4.42. The monoisotopic (exact) mass is 314 g/mol. The van der Waals surface area contributed by atoms with E-state index in [4.69, 9.17) is 0 Å². The molecule has 0 saturated carbocycles. The van der Waals surface area contributed by atoms with E-state index in [2.05, 4.69) is 25.8 Å². The minimum Gasteiger partial charge on any atom is -0.301 e. The molecular weight excluding hydrogens is 291 g/mol. The Balaban J connectivity index is 2.18. The fraction of sp³-hybridized carbons (Fsp3) is 0.600. The van der Waals surface area contributed by atoms with E-state index in [1.165, 1.54) is 22.5 Å². The van der Waals surface area contributed by atoms with Crippen LogP contribution in [-0.2, 0) is 10.0 Å². The van der Waals surface area contributed by atoms with Gasteiger partial charge in [-0.1, -0.05) is 6.07 Å². The maximum atomic E-state index is 13.3. The molecule has 0 N–H and O–H groups in total. The summed E-state index contributed by atoms with van der Waals surface area (Å²) in [7, 11) is -0.0211. The zero-order valence-electron chi connectivity index (χ0n) is 13.0. The van der Waals surface area contributed by atoms with Gasteiger partial charge in [0.05, 0.1) is 4.90 Å². The normalized spacial score (nSPS) is 22.9. The van der Waals surface area contributed by atoms with Crippen molar-refractivity contribution in [3.05, 3.63) is 30.1 Å². The van der Waals surface area contributed by atoms with Crippen LogP contribution in [0.5, 0.6) is 0 Å². The van der Waals surface area contributed by atoms with E-state index in [0.717, 1.165) is 19.0 Å². The molecule has 1 aromatic rings. The van der Waals surface area contributed by atoms with Crippen LogP contribution in [0.1, 0.15) is 20.3 Å². The first-order valence-electron chi connectivity index (χ1n) is 7.09. The van der Waals surface area contributed by atoms with Crippen LogP contribution in [0, 0.1) is 11.7 Å². The van der Waals surface area contributed by atoms with Gasteiger partial charge >= 0.3 is 0 Å². The molecule has 1 aromatic carbocycles. The summed E-state index contributed by atoms with van der Waals surface area (Å²) in [6, 6.07) is 5.16. The van der Waals surface area contributed by atoms with Crippen LogP contribution >= 0.6 is 0 Å². The van der Waals surface area contributed by atoms with E-state index in [-0.39, 0.29) is 16.4 Å². The SMILES string of the molecule is CN1CCC(CN(C)S(=O)(=O)c2cccc(F)c2)C1(C)C. The van der Waals surface area contributed by atoms with E-state index in [1.54, 1.807) is 7.05 Å². The van der Waals surface area contributed by atoms with Gasteiger partial charge in [-0.05, 0) is 58.0 Å². The van der Waals surface area contributed by atoms with Crippen molar-refractivity contribution in [1.82, 2.24) is 9.21 Å². The molecule has 0 bridgehead atoms. The number of halogens is 1. The maximum Gasteiger partial charge on any atom is 0.242 e. The number of likely N-dealkylation sites (tertiary alicyclic amines) is 1. The van der Waals surface area contributed by atoms with Crippen molar-refractivity contribution in [3.8, 4) is 0 Å². The van der Waals surface area contributed by atoms with Gasteiger partial charge in [-0.3, -0.25) is 0 Å². The number of benzene rings is 1. The third-order valence-electron chi connectivity index (χ3n) is 4.78. The lowest BCUT2D eigenvalue weighted by Crippen LogP contribution is -2.44. The van der Waals surface area contributed by atoms with Crippen LogP contribution in [0.3, 0.4) is 0 Å². The smallest absolute Gasteiger partial charge is 0.242 e. The summed E-state index contributed by atoms with van der Waals surface area (Å²) >= 11 is 0. The molecule has 1 aliphatic rings. The van der Waals surface area contributed by atoms with E-state index >= 15 is 0 Å². The molecular formula is C15H23FN2O2S. The lowest BCUT2D eigenvalue weighted by atomic mass is 9.88.